The van der Waals surface area contributed by atoms with E-state index in [0.29, 0.717) is 6.04 Å². The van der Waals surface area contributed by atoms with Crippen LogP contribution >= 0.6 is 0 Å². The molecule has 2 aliphatic heterocycles. The summed E-state index contributed by atoms with van der Waals surface area (Å²) in [5.74, 6) is 2.72. The number of fused-ring (bicyclic) bond motifs is 2. The molecule has 3 aliphatic rings. The normalized spacial score (nSPS) is 31.9. The molecule has 1 aromatic rings. The summed E-state index contributed by atoms with van der Waals surface area (Å²) in [7, 11) is 2.25. The van der Waals surface area contributed by atoms with Crippen LogP contribution in [0.1, 0.15) is 37.8 Å². The van der Waals surface area contributed by atoms with Crippen LogP contribution in [0.5, 0.6) is 5.75 Å². The van der Waals surface area contributed by atoms with Crippen LogP contribution in [0.2, 0.25) is 0 Å². The molecule has 4 heteroatoms. The van der Waals surface area contributed by atoms with Crippen LogP contribution < -0.4 is 15.8 Å². The Morgan fingerprint density at radius 2 is 1.96 bits per heavy atom. The molecule has 3 N–H and O–H groups in total. The third kappa shape index (κ3) is 2.83. The maximum Gasteiger partial charge on any atom is 0.146 e. The first-order chi connectivity index (χ1) is 10.9. The lowest BCUT2D eigenvalue weighted by Gasteiger charge is -2.17. The number of nitrogens with one attached hydrogen (secondary N) is 1. The number of likely N-dealkylation sites (tertiary alicyclic amines) is 1. The molecule has 1 saturated carbocycles. The van der Waals surface area contributed by atoms with Gasteiger partial charge in [-0.05, 0) is 57.2 Å². The zero-order valence-electron chi connectivity index (χ0n) is 14.6. The van der Waals surface area contributed by atoms with Gasteiger partial charge in [-0.25, -0.2) is 0 Å². The number of nitrogens with two attached hydrogens (primary N) is 1. The van der Waals surface area contributed by atoms with Crippen LogP contribution in [0.15, 0.2) is 12.1 Å². The van der Waals surface area contributed by atoms with Crippen LogP contribution in [0.25, 0.3) is 0 Å². The van der Waals surface area contributed by atoms with E-state index in [1.807, 2.05) is 6.07 Å². The molecule has 1 saturated heterocycles. The fourth-order valence-corrected chi connectivity index (χ4v) is 4.86. The number of anilines is 1. The Morgan fingerprint density at radius 3 is 2.65 bits per heavy atom. The molecule has 23 heavy (non-hydrogen) atoms. The second-order valence-corrected chi connectivity index (χ2v) is 8.45. The van der Waals surface area contributed by atoms with Crippen molar-refractivity contribution in [3.63, 3.8) is 0 Å². The van der Waals surface area contributed by atoms with Gasteiger partial charge in [-0.2, -0.15) is 0 Å². The Morgan fingerprint density at radius 1 is 1.26 bits per heavy atom. The number of hydrogen-bond acceptors (Lipinski definition) is 4. The van der Waals surface area contributed by atoms with Gasteiger partial charge in [0.05, 0.1) is 5.69 Å². The second-order valence-electron chi connectivity index (χ2n) is 8.45. The average molecular weight is 315 g/mol. The number of nitrogen functional groups attached to an aromatic ring is 1. The Labute approximate surface area is 139 Å². The van der Waals surface area contributed by atoms with Crippen LogP contribution in [0.3, 0.4) is 0 Å². The highest BCUT2D eigenvalue weighted by Crippen LogP contribution is 2.42. The van der Waals surface area contributed by atoms with E-state index in [1.165, 1.54) is 37.1 Å². The van der Waals surface area contributed by atoms with Crippen molar-refractivity contribution < 1.29 is 4.74 Å². The van der Waals surface area contributed by atoms with E-state index in [-0.39, 0.29) is 5.60 Å². The Hall–Kier alpha value is -1.26. The van der Waals surface area contributed by atoms with Crippen molar-refractivity contribution in [1.82, 2.24) is 10.2 Å². The number of hydrogen-bond donors (Lipinski definition) is 2. The molecular formula is C19H29N3O. The lowest BCUT2D eigenvalue weighted by molar-refractivity contribution is 0.139. The quantitative estimate of drug-likeness (QED) is 0.841. The van der Waals surface area contributed by atoms with Crippen LogP contribution in [0.4, 0.5) is 5.69 Å². The van der Waals surface area contributed by atoms with E-state index in [9.17, 15) is 0 Å². The molecule has 4 rings (SSSR count). The standard InChI is InChI=1S/C19H29N3O/c1-19(2)8-16-12(4-5-17(20)18(16)23-19)9-21-15-6-13-10-22(3)11-14(13)7-15/h4-5,13-15,21H,6-11,20H2,1-3H3. The van der Waals surface area contributed by atoms with Gasteiger partial charge >= 0.3 is 0 Å². The zero-order valence-corrected chi connectivity index (χ0v) is 14.6. The Bertz CT molecular complexity index is 599. The van der Waals surface area contributed by atoms with Gasteiger partial charge < -0.3 is 20.7 Å². The van der Waals surface area contributed by atoms with Crippen LogP contribution in [-0.2, 0) is 13.0 Å². The predicted molar refractivity (Wildman–Crippen MR) is 93.6 cm³/mol. The first kappa shape index (κ1) is 15.3. The number of ether oxygens (including phenoxy) is 1. The molecule has 0 bridgehead atoms. The Balaban J connectivity index is 1.42. The van der Waals surface area contributed by atoms with Gasteiger partial charge in [-0.15, -0.1) is 0 Å². The summed E-state index contributed by atoms with van der Waals surface area (Å²) in [6.07, 6.45) is 3.60. The largest absolute Gasteiger partial charge is 0.485 e. The predicted octanol–water partition coefficient (Wildman–Crippen LogP) is 2.41. The highest BCUT2D eigenvalue weighted by molar-refractivity contribution is 5.62. The van der Waals surface area contributed by atoms with Gasteiger partial charge in [-0.1, -0.05) is 6.07 Å². The van der Waals surface area contributed by atoms with Gasteiger partial charge in [-0.3, -0.25) is 0 Å². The van der Waals surface area contributed by atoms with Crippen molar-refractivity contribution in [2.45, 2.75) is 51.3 Å². The summed E-state index contributed by atoms with van der Waals surface area (Å²) in [6.45, 7) is 7.77. The topological polar surface area (TPSA) is 50.5 Å². The van der Waals surface area contributed by atoms with Crippen LogP contribution in [-0.4, -0.2) is 36.7 Å². The van der Waals surface area contributed by atoms with E-state index >= 15 is 0 Å². The van der Waals surface area contributed by atoms with Gasteiger partial charge in [0.1, 0.15) is 11.4 Å². The number of nitrogens with zero attached hydrogens (tertiary/aromatic N) is 1. The van der Waals surface area contributed by atoms with E-state index in [1.54, 1.807) is 0 Å². The van der Waals surface area contributed by atoms with E-state index < -0.39 is 0 Å². The molecule has 4 nitrogen and oxygen atoms in total. The molecule has 1 aliphatic carbocycles. The summed E-state index contributed by atoms with van der Waals surface area (Å²) in [6, 6.07) is 4.84. The van der Waals surface area contributed by atoms with Gasteiger partial charge in [0.2, 0.25) is 0 Å². The molecule has 2 atom stereocenters. The summed E-state index contributed by atoms with van der Waals surface area (Å²) in [5.41, 5.74) is 9.40. The fraction of sp³-hybridized carbons (Fsp3) is 0.684. The third-order valence-electron chi connectivity index (χ3n) is 5.88. The molecule has 0 aromatic heterocycles. The third-order valence-corrected chi connectivity index (χ3v) is 5.88. The molecule has 0 spiro atoms. The van der Waals surface area contributed by atoms with E-state index in [0.717, 1.165) is 36.2 Å². The maximum atomic E-state index is 6.11. The first-order valence-electron chi connectivity index (χ1n) is 8.92. The highest BCUT2D eigenvalue weighted by Gasteiger charge is 2.39. The summed E-state index contributed by atoms with van der Waals surface area (Å²) < 4.78 is 6.05. The van der Waals surface area contributed by atoms with Gasteiger partial charge in [0.15, 0.2) is 0 Å². The van der Waals surface area contributed by atoms with E-state index in [2.05, 4.69) is 37.2 Å². The number of benzene rings is 1. The van der Waals surface area contributed by atoms with Crippen molar-refractivity contribution in [2.75, 3.05) is 25.9 Å². The molecule has 126 valence electrons. The van der Waals surface area contributed by atoms with Crippen molar-refractivity contribution in [3.05, 3.63) is 23.3 Å². The molecule has 2 fully saturated rings. The first-order valence-corrected chi connectivity index (χ1v) is 8.92. The van der Waals surface area contributed by atoms with Gasteiger partial charge in [0, 0.05) is 37.7 Å². The van der Waals surface area contributed by atoms with Crippen LogP contribution in [0, 0.1) is 11.8 Å². The molecule has 0 radical (unpaired) electrons. The monoisotopic (exact) mass is 315 g/mol. The van der Waals surface area contributed by atoms with Crippen molar-refractivity contribution in [2.24, 2.45) is 11.8 Å². The van der Waals surface area contributed by atoms with E-state index in [4.69, 9.17) is 10.5 Å². The van der Waals surface area contributed by atoms with Gasteiger partial charge in [0.25, 0.3) is 0 Å². The molecule has 2 heterocycles. The smallest absolute Gasteiger partial charge is 0.146 e. The summed E-state index contributed by atoms with van der Waals surface area (Å²) in [5, 5.41) is 3.80. The van der Waals surface area contributed by atoms with Crippen molar-refractivity contribution >= 4 is 5.69 Å². The SMILES string of the molecule is CN1CC2CC(NCc3ccc(N)c4c3CC(C)(C)O4)CC2C1. The lowest BCUT2D eigenvalue weighted by Crippen LogP contribution is -2.29. The average Bonchev–Trinajstić information content (AvgIpc) is 3.08. The molecule has 1 aromatic carbocycles. The Kier molecular flexibility index (Phi) is 3.58. The number of rotatable bonds is 3. The highest BCUT2D eigenvalue weighted by atomic mass is 16.5. The molecule has 0 amide bonds. The second kappa shape index (κ2) is 5.38. The zero-order chi connectivity index (χ0) is 16.2. The summed E-state index contributed by atoms with van der Waals surface area (Å²) in [4.78, 5) is 2.48. The molecular weight excluding hydrogens is 286 g/mol. The molecule has 2 unspecified atom stereocenters. The van der Waals surface area contributed by atoms with Crippen molar-refractivity contribution in [3.8, 4) is 5.75 Å². The minimum atomic E-state index is -0.137. The minimum absolute atomic E-state index is 0.137. The van der Waals surface area contributed by atoms with Crippen molar-refractivity contribution in [1.29, 1.82) is 0 Å². The summed E-state index contributed by atoms with van der Waals surface area (Å²) >= 11 is 0. The lowest BCUT2D eigenvalue weighted by atomic mass is 9.96. The fourth-order valence-electron chi connectivity index (χ4n) is 4.86. The maximum absolute atomic E-state index is 6.11. The minimum Gasteiger partial charge on any atom is -0.485 e.